The van der Waals surface area contributed by atoms with Crippen LogP contribution < -0.4 is 5.32 Å². The van der Waals surface area contributed by atoms with Gasteiger partial charge in [-0.05, 0) is 48.4 Å². The first-order valence-electron chi connectivity index (χ1n) is 13.1. The van der Waals surface area contributed by atoms with Gasteiger partial charge in [0.2, 0.25) is 0 Å². The second kappa shape index (κ2) is 12.2. The molecule has 0 aromatic heterocycles. The first-order valence-corrected chi connectivity index (χ1v) is 14.6. The lowest BCUT2D eigenvalue weighted by Crippen LogP contribution is -2.56. The number of nitrogens with zero attached hydrogens (tertiary/aromatic N) is 1. The maximum Gasteiger partial charge on any atom is 0.430 e. The average Bonchev–Trinajstić information content (AvgIpc) is 3.44. The largest absolute Gasteiger partial charge is 0.430 e. The van der Waals surface area contributed by atoms with Crippen molar-refractivity contribution in [2.45, 2.75) is 40.6 Å². The third kappa shape index (κ3) is 5.81. The molecule has 17 heteroatoms. The number of likely N-dealkylation sites (tertiary alicyclic amines) is 1. The van der Waals surface area contributed by atoms with E-state index < -0.39 is 97.4 Å². The Balaban J connectivity index is 1.86. The molecule has 1 fully saturated rings. The van der Waals surface area contributed by atoms with Crippen LogP contribution in [0.3, 0.4) is 0 Å². The van der Waals surface area contributed by atoms with E-state index in [1.165, 1.54) is 0 Å². The molecule has 3 aromatic rings. The summed E-state index contributed by atoms with van der Waals surface area (Å²) in [6.07, 6.45) is -13.0. The van der Waals surface area contributed by atoms with E-state index in [2.05, 4.69) is 10.1 Å². The summed E-state index contributed by atoms with van der Waals surface area (Å²) in [5.74, 6) is -6.01. The summed E-state index contributed by atoms with van der Waals surface area (Å²) >= 11 is 0. The van der Waals surface area contributed by atoms with Crippen molar-refractivity contribution < 1.29 is 62.3 Å². The molecule has 248 valence electrons. The van der Waals surface area contributed by atoms with Gasteiger partial charge in [0.05, 0.1) is 11.5 Å². The number of likely N-dealkylation sites (N-methyl/N-ethyl adjacent to an activating group) is 1. The average molecular weight is 683 g/mol. The van der Waals surface area contributed by atoms with E-state index in [0.717, 1.165) is 42.3 Å². The van der Waals surface area contributed by atoms with Crippen LogP contribution in [0, 0.1) is 17.5 Å². The number of rotatable bonds is 7. The minimum atomic E-state index is -6.25. The van der Waals surface area contributed by atoms with Crippen LogP contribution in [0.5, 0.6) is 0 Å². The van der Waals surface area contributed by atoms with Gasteiger partial charge in [0, 0.05) is 31.3 Å². The van der Waals surface area contributed by atoms with Crippen molar-refractivity contribution in [2.24, 2.45) is 0 Å². The maximum atomic E-state index is 14.4. The molecule has 1 aliphatic heterocycles. The van der Waals surface area contributed by atoms with Gasteiger partial charge in [-0.3, -0.25) is 9.59 Å². The van der Waals surface area contributed by atoms with E-state index in [0.29, 0.717) is 36.4 Å². The molecule has 1 heterocycles. The van der Waals surface area contributed by atoms with E-state index in [-0.39, 0.29) is 12.1 Å². The minimum Gasteiger partial charge on any atom is -0.351 e. The Morgan fingerprint density at radius 2 is 1.41 bits per heavy atom. The van der Waals surface area contributed by atoms with Crippen LogP contribution in [-0.4, -0.2) is 57.6 Å². The fourth-order valence-corrected chi connectivity index (χ4v) is 7.33. The van der Waals surface area contributed by atoms with Crippen LogP contribution in [0.4, 0.5) is 39.5 Å². The molecule has 1 aliphatic rings. The van der Waals surface area contributed by atoms with E-state index >= 15 is 0 Å². The van der Waals surface area contributed by atoms with Crippen molar-refractivity contribution in [1.82, 2.24) is 10.2 Å². The second-order valence-electron chi connectivity index (χ2n) is 10.3. The molecule has 1 atom stereocenters. The molecule has 1 unspecified atom stereocenters. The number of ether oxygens (including phenoxy) is 1. The molecule has 7 nitrogen and oxygen atoms in total. The second-order valence-corrected chi connectivity index (χ2v) is 12.5. The number of halogens is 9. The predicted octanol–water partition coefficient (Wildman–Crippen LogP) is 5.29. The van der Waals surface area contributed by atoms with E-state index in [1.807, 2.05) is 0 Å². The molecule has 46 heavy (non-hydrogen) atoms. The number of hydrogen-bond donors (Lipinski definition) is 1. The molecule has 3 aromatic carbocycles. The van der Waals surface area contributed by atoms with Gasteiger partial charge in [0.15, 0.2) is 9.84 Å². The fourth-order valence-electron chi connectivity index (χ4n) is 5.25. The summed E-state index contributed by atoms with van der Waals surface area (Å²) in [5, 5.41) is 2.07. The summed E-state index contributed by atoms with van der Waals surface area (Å²) in [6.45, 7) is -2.90. The Hall–Kier alpha value is -4.12. The monoisotopic (exact) mass is 682 g/mol. The number of hydrogen-bond acceptors (Lipinski definition) is 5. The highest BCUT2D eigenvalue weighted by Gasteiger charge is 2.73. The van der Waals surface area contributed by atoms with Crippen LogP contribution in [0.25, 0.3) is 0 Å². The molecule has 1 N–H and O–H groups in total. The number of benzene rings is 3. The van der Waals surface area contributed by atoms with Gasteiger partial charge in [-0.25, -0.2) is 21.6 Å². The molecule has 0 aliphatic carbocycles. The lowest BCUT2D eigenvalue weighted by Gasteiger charge is -2.38. The van der Waals surface area contributed by atoms with Crippen LogP contribution >= 0.6 is 0 Å². The zero-order chi connectivity index (χ0) is 34.3. The Kier molecular flexibility index (Phi) is 9.25. The quantitative estimate of drug-likeness (QED) is 0.208. The molecule has 2 amide bonds. The fraction of sp³-hybridized carbons (Fsp3) is 0.310. The normalized spacial score (nSPS) is 17.7. The predicted molar refractivity (Wildman–Crippen MR) is 142 cm³/mol. The number of amides is 2. The van der Waals surface area contributed by atoms with E-state index in [4.69, 9.17) is 0 Å². The smallest absolute Gasteiger partial charge is 0.351 e. The number of alkyl halides is 6. The van der Waals surface area contributed by atoms with Crippen molar-refractivity contribution in [3.63, 3.8) is 0 Å². The molecule has 0 spiro atoms. The van der Waals surface area contributed by atoms with Crippen LogP contribution in [0.15, 0.2) is 71.6 Å². The lowest BCUT2D eigenvalue weighted by molar-refractivity contribution is -0.392. The SMILES string of the molecule is CNC(=O)C(=O)N1CCC(c2ccc(C(OCc3c(F)cccc3F)(C(F)(F)F)C(F)(F)F)cc2)(S(=O)(=O)c2ccc(F)cc2)C1. The molecule has 4 rings (SSSR count). The van der Waals surface area contributed by atoms with Gasteiger partial charge in [-0.1, -0.05) is 30.3 Å². The Bertz CT molecular complexity index is 1690. The van der Waals surface area contributed by atoms with Gasteiger partial charge in [0.25, 0.3) is 5.60 Å². The zero-order valence-corrected chi connectivity index (χ0v) is 24.3. The van der Waals surface area contributed by atoms with Crippen LogP contribution in [0.1, 0.15) is 23.1 Å². The summed E-state index contributed by atoms with van der Waals surface area (Å²) < 4.78 is 158. The molecule has 0 radical (unpaired) electrons. The topological polar surface area (TPSA) is 92.8 Å². The highest BCUT2D eigenvalue weighted by Crippen LogP contribution is 2.54. The number of carbonyl (C=O) groups excluding carboxylic acids is 2. The third-order valence-corrected chi connectivity index (χ3v) is 10.2. The first-order chi connectivity index (χ1) is 21.3. The Labute approximate surface area is 255 Å². The highest BCUT2D eigenvalue weighted by atomic mass is 32.2. The van der Waals surface area contributed by atoms with Gasteiger partial charge in [-0.2, -0.15) is 26.3 Å². The zero-order valence-electron chi connectivity index (χ0n) is 23.5. The van der Waals surface area contributed by atoms with Gasteiger partial charge in [0.1, 0.15) is 22.2 Å². The molecular formula is C29H23F9N2O5S. The lowest BCUT2D eigenvalue weighted by atomic mass is 9.88. The minimum absolute atomic E-state index is 0.305. The highest BCUT2D eigenvalue weighted by molar-refractivity contribution is 7.92. The van der Waals surface area contributed by atoms with Gasteiger partial charge < -0.3 is 15.0 Å². The third-order valence-electron chi connectivity index (χ3n) is 7.69. The van der Waals surface area contributed by atoms with Crippen molar-refractivity contribution >= 4 is 21.7 Å². The first kappa shape index (κ1) is 34.7. The summed E-state index contributed by atoms with van der Waals surface area (Å²) in [6, 6.07) is 7.38. The van der Waals surface area contributed by atoms with Crippen LogP contribution in [0.2, 0.25) is 0 Å². The molecule has 0 bridgehead atoms. The van der Waals surface area contributed by atoms with Crippen LogP contribution in [-0.2, 0) is 41.1 Å². The molecule has 0 saturated carbocycles. The maximum absolute atomic E-state index is 14.4. The van der Waals surface area contributed by atoms with Crippen molar-refractivity contribution in [1.29, 1.82) is 0 Å². The summed E-state index contributed by atoms with van der Waals surface area (Å²) in [4.78, 5) is 24.9. The Morgan fingerprint density at radius 3 is 1.91 bits per heavy atom. The van der Waals surface area contributed by atoms with E-state index in [9.17, 15) is 57.5 Å². The van der Waals surface area contributed by atoms with Gasteiger partial charge >= 0.3 is 24.2 Å². The summed E-state index contributed by atoms with van der Waals surface area (Å²) in [5.41, 5.74) is -8.30. The van der Waals surface area contributed by atoms with Crippen molar-refractivity contribution in [2.75, 3.05) is 20.1 Å². The van der Waals surface area contributed by atoms with E-state index in [1.54, 1.807) is 0 Å². The Morgan fingerprint density at radius 1 is 0.870 bits per heavy atom. The number of sulfone groups is 1. The standard InChI is InChI=1S/C29H23F9N2O5S/c1-39-24(41)25(42)40-14-13-26(16-40,46(43,44)20-11-9-19(30)10-12-20)17-5-7-18(8-6-17)27(28(33,34)35,29(36,37)38)45-15-21-22(31)3-2-4-23(21)32/h2-12H,13-16H2,1H3,(H,39,41). The number of nitrogens with one attached hydrogen (secondary N) is 1. The molecular weight excluding hydrogens is 659 g/mol. The van der Waals surface area contributed by atoms with Crippen molar-refractivity contribution in [3.8, 4) is 0 Å². The summed E-state index contributed by atoms with van der Waals surface area (Å²) in [7, 11) is -3.55. The number of carbonyl (C=O) groups is 2. The van der Waals surface area contributed by atoms with Crippen molar-refractivity contribution in [3.05, 3.63) is 101 Å². The van der Waals surface area contributed by atoms with Gasteiger partial charge in [-0.15, -0.1) is 0 Å². The molecule has 1 saturated heterocycles.